The van der Waals surface area contributed by atoms with Crippen molar-refractivity contribution in [3.05, 3.63) is 24.4 Å². The Kier molecular flexibility index (Phi) is 6.42. The highest BCUT2D eigenvalue weighted by molar-refractivity contribution is 7.13. The van der Waals surface area contributed by atoms with E-state index in [9.17, 15) is 5.11 Å². The highest BCUT2D eigenvalue weighted by atomic mass is 32.1. The van der Waals surface area contributed by atoms with Crippen LogP contribution in [0.4, 0.5) is 0 Å². The molecule has 0 saturated carbocycles. The number of ether oxygens (including phenoxy) is 1. The van der Waals surface area contributed by atoms with Crippen molar-refractivity contribution in [1.82, 2.24) is 9.69 Å². The van der Waals surface area contributed by atoms with Gasteiger partial charge >= 0.3 is 0 Å². The van der Waals surface area contributed by atoms with Crippen molar-refractivity contribution in [2.24, 2.45) is 5.92 Å². The zero-order valence-electron chi connectivity index (χ0n) is 12.7. The molecular weight excluding hydrogens is 284 g/mol. The van der Waals surface area contributed by atoms with Gasteiger partial charge in [0, 0.05) is 6.54 Å². The molecule has 2 aromatic rings. The van der Waals surface area contributed by atoms with Crippen LogP contribution < -0.4 is 10.1 Å². The third-order valence-corrected chi connectivity index (χ3v) is 4.44. The molecule has 0 aliphatic rings. The normalized spacial score (nSPS) is 14.2. The van der Waals surface area contributed by atoms with E-state index >= 15 is 0 Å². The Morgan fingerprint density at radius 2 is 2.29 bits per heavy atom. The standard InChI is InChI=1S/C16H24N2O2S/c1-3-12(2)7-8-17-9-13(19)11-20-15-5-4-6-16-14(15)10-18-21-16/h4-6,10,12-13,17,19H,3,7-9,11H2,1-2H3. The molecule has 2 atom stereocenters. The van der Waals surface area contributed by atoms with E-state index in [0.717, 1.165) is 34.7 Å². The van der Waals surface area contributed by atoms with E-state index in [1.165, 1.54) is 18.0 Å². The van der Waals surface area contributed by atoms with E-state index < -0.39 is 6.10 Å². The van der Waals surface area contributed by atoms with Crippen LogP contribution in [0.3, 0.4) is 0 Å². The Morgan fingerprint density at radius 1 is 1.43 bits per heavy atom. The lowest BCUT2D eigenvalue weighted by Gasteiger charge is -2.14. The topological polar surface area (TPSA) is 54.4 Å². The van der Waals surface area contributed by atoms with Crippen molar-refractivity contribution in [2.45, 2.75) is 32.8 Å². The molecule has 0 amide bonds. The zero-order valence-corrected chi connectivity index (χ0v) is 13.5. The van der Waals surface area contributed by atoms with Crippen LogP contribution in [0.15, 0.2) is 24.4 Å². The van der Waals surface area contributed by atoms with Crippen LogP contribution >= 0.6 is 11.5 Å². The molecule has 21 heavy (non-hydrogen) atoms. The zero-order chi connectivity index (χ0) is 15.1. The summed E-state index contributed by atoms with van der Waals surface area (Å²) in [7, 11) is 0. The summed E-state index contributed by atoms with van der Waals surface area (Å²) < 4.78 is 11.0. The Hall–Kier alpha value is -1.17. The molecule has 1 heterocycles. The summed E-state index contributed by atoms with van der Waals surface area (Å²) in [5.74, 6) is 1.52. The fourth-order valence-electron chi connectivity index (χ4n) is 2.06. The molecule has 0 spiro atoms. The first-order valence-electron chi connectivity index (χ1n) is 7.55. The lowest BCUT2D eigenvalue weighted by Crippen LogP contribution is -2.32. The van der Waals surface area contributed by atoms with Crippen molar-refractivity contribution in [1.29, 1.82) is 0 Å². The fourth-order valence-corrected chi connectivity index (χ4v) is 2.72. The number of rotatable bonds is 9. The van der Waals surface area contributed by atoms with E-state index in [1.807, 2.05) is 24.4 Å². The lowest BCUT2D eigenvalue weighted by atomic mass is 10.1. The second kappa shape index (κ2) is 8.32. The van der Waals surface area contributed by atoms with Crippen molar-refractivity contribution < 1.29 is 9.84 Å². The van der Waals surface area contributed by atoms with Gasteiger partial charge < -0.3 is 15.2 Å². The van der Waals surface area contributed by atoms with Crippen LogP contribution in [0.2, 0.25) is 0 Å². The van der Waals surface area contributed by atoms with Gasteiger partial charge in [0.05, 0.1) is 16.3 Å². The van der Waals surface area contributed by atoms with Gasteiger partial charge in [-0.2, -0.15) is 4.37 Å². The van der Waals surface area contributed by atoms with Crippen molar-refractivity contribution in [2.75, 3.05) is 19.7 Å². The molecule has 0 radical (unpaired) electrons. The number of benzene rings is 1. The quantitative estimate of drug-likeness (QED) is 0.699. The Morgan fingerprint density at radius 3 is 3.10 bits per heavy atom. The number of nitrogens with one attached hydrogen (secondary N) is 1. The minimum atomic E-state index is -0.496. The third kappa shape index (κ3) is 4.95. The molecule has 0 fully saturated rings. The molecule has 0 bridgehead atoms. The fraction of sp³-hybridized carbons (Fsp3) is 0.562. The summed E-state index contributed by atoms with van der Waals surface area (Å²) in [6, 6.07) is 5.89. The van der Waals surface area contributed by atoms with Crippen LogP contribution in [-0.2, 0) is 0 Å². The molecule has 0 aliphatic carbocycles. The SMILES string of the molecule is CCC(C)CCNCC(O)COc1cccc2sncc12. The van der Waals surface area contributed by atoms with E-state index in [0.29, 0.717) is 13.2 Å². The predicted octanol–water partition coefficient (Wildman–Crippen LogP) is 3.06. The molecule has 2 unspecified atom stereocenters. The monoisotopic (exact) mass is 308 g/mol. The van der Waals surface area contributed by atoms with E-state index in [2.05, 4.69) is 23.5 Å². The van der Waals surface area contributed by atoms with Gasteiger partial charge in [-0.15, -0.1) is 0 Å². The predicted molar refractivity (Wildman–Crippen MR) is 88.1 cm³/mol. The Balaban J connectivity index is 1.71. The van der Waals surface area contributed by atoms with Crippen molar-refractivity contribution in [3.63, 3.8) is 0 Å². The second-order valence-electron chi connectivity index (χ2n) is 5.46. The minimum absolute atomic E-state index is 0.297. The maximum absolute atomic E-state index is 9.96. The van der Waals surface area contributed by atoms with Crippen LogP contribution in [0.1, 0.15) is 26.7 Å². The summed E-state index contributed by atoms with van der Waals surface area (Å²) in [6.07, 6.45) is 3.66. The number of nitrogens with zero attached hydrogens (tertiary/aromatic N) is 1. The first-order valence-corrected chi connectivity index (χ1v) is 8.33. The molecule has 5 heteroatoms. The van der Waals surface area contributed by atoms with E-state index in [4.69, 9.17) is 4.74 Å². The van der Waals surface area contributed by atoms with Crippen LogP contribution in [0, 0.1) is 5.92 Å². The van der Waals surface area contributed by atoms with Gasteiger partial charge in [0.15, 0.2) is 0 Å². The molecule has 0 aliphatic heterocycles. The largest absolute Gasteiger partial charge is 0.490 e. The van der Waals surface area contributed by atoms with Crippen LogP contribution in [-0.4, -0.2) is 35.3 Å². The molecule has 1 aromatic carbocycles. The van der Waals surface area contributed by atoms with Crippen molar-refractivity contribution >= 4 is 21.6 Å². The van der Waals surface area contributed by atoms with Crippen LogP contribution in [0.25, 0.3) is 10.1 Å². The maximum atomic E-state index is 9.96. The summed E-state index contributed by atoms with van der Waals surface area (Å²) in [5.41, 5.74) is 0. The van der Waals surface area contributed by atoms with E-state index in [1.54, 1.807) is 0 Å². The van der Waals surface area contributed by atoms with Gasteiger partial charge in [-0.05, 0) is 42.5 Å². The molecule has 4 nitrogen and oxygen atoms in total. The van der Waals surface area contributed by atoms with Gasteiger partial charge in [-0.3, -0.25) is 0 Å². The number of aliphatic hydroxyl groups excluding tert-OH is 1. The molecule has 1 aromatic heterocycles. The lowest BCUT2D eigenvalue weighted by molar-refractivity contribution is 0.107. The first-order chi connectivity index (χ1) is 10.2. The number of hydrogen-bond acceptors (Lipinski definition) is 5. The highest BCUT2D eigenvalue weighted by Crippen LogP contribution is 2.27. The molecule has 116 valence electrons. The molecule has 2 N–H and O–H groups in total. The minimum Gasteiger partial charge on any atom is -0.490 e. The molecular formula is C16H24N2O2S. The number of hydrogen-bond donors (Lipinski definition) is 2. The highest BCUT2D eigenvalue weighted by Gasteiger charge is 2.08. The average molecular weight is 308 g/mol. The third-order valence-electron chi connectivity index (χ3n) is 3.68. The van der Waals surface area contributed by atoms with Crippen molar-refractivity contribution in [3.8, 4) is 5.75 Å². The smallest absolute Gasteiger partial charge is 0.129 e. The first kappa shape index (κ1) is 16.2. The summed E-state index contributed by atoms with van der Waals surface area (Å²) in [6.45, 7) is 6.25. The number of aliphatic hydroxyl groups is 1. The van der Waals surface area contributed by atoms with Gasteiger partial charge in [0.2, 0.25) is 0 Å². The average Bonchev–Trinajstić information content (AvgIpc) is 2.98. The number of aromatic nitrogens is 1. The maximum Gasteiger partial charge on any atom is 0.129 e. The molecule has 2 rings (SSSR count). The van der Waals surface area contributed by atoms with Crippen LogP contribution in [0.5, 0.6) is 5.75 Å². The Bertz CT molecular complexity index is 544. The van der Waals surface area contributed by atoms with Gasteiger partial charge in [-0.25, -0.2) is 0 Å². The Labute approximate surface area is 130 Å². The summed E-state index contributed by atoms with van der Waals surface area (Å²) in [5, 5.41) is 14.2. The van der Waals surface area contributed by atoms with Gasteiger partial charge in [-0.1, -0.05) is 26.3 Å². The summed E-state index contributed by atoms with van der Waals surface area (Å²) in [4.78, 5) is 0. The van der Waals surface area contributed by atoms with Gasteiger partial charge in [0.25, 0.3) is 0 Å². The molecule has 0 saturated heterocycles. The van der Waals surface area contributed by atoms with E-state index in [-0.39, 0.29) is 0 Å². The summed E-state index contributed by atoms with van der Waals surface area (Å²) >= 11 is 1.45. The number of fused-ring (bicyclic) bond motifs is 1. The second-order valence-corrected chi connectivity index (χ2v) is 6.30. The van der Waals surface area contributed by atoms with Gasteiger partial charge in [0.1, 0.15) is 18.5 Å².